The standard InChI is InChI=1S/C19H15F3N6O5/c1-31-15-5-4-14(24-25-15)28-16(19(20,21)22)11(9-23-28)18(30)27-26-17(29)10-2-3-12-13(8-10)33-7-6-32-12/h2-5,8-9H,6-7H2,1H3,(H,26,29)(H,27,30). The van der Waals surface area contributed by atoms with Crippen LogP contribution in [0.4, 0.5) is 13.2 Å². The van der Waals surface area contributed by atoms with Gasteiger partial charge in [-0.3, -0.25) is 20.4 Å². The number of carbonyl (C=O) groups is 2. The second kappa shape index (κ2) is 8.64. The summed E-state index contributed by atoms with van der Waals surface area (Å²) in [5.74, 6) is -1.43. The first-order valence-corrected chi connectivity index (χ1v) is 9.31. The first kappa shape index (κ1) is 21.9. The van der Waals surface area contributed by atoms with Gasteiger partial charge in [0, 0.05) is 11.6 Å². The molecule has 3 heterocycles. The monoisotopic (exact) mass is 464 g/mol. The summed E-state index contributed by atoms with van der Waals surface area (Å²) in [6.07, 6.45) is -4.26. The Morgan fingerprint density at radius 1 is 1.03 bits per heavy atom. The molecule has 2 aromatic heterocycles. The van der Waals surface area contributed by atoms with Crippen molar-refractivity contribution in [1.29, 1.82) is 0 Å². The number of halogens is 3. The van der Waals surface area contributed by atoms with Crippen molar-refractivity contribution < 1.29 is 37.0 Å². The van der Waals surface area contributed by atoms with Gasteiger partial charge in [-0.05, 0) is 24.3 Å². The molecule has 0 fully saturated rings. The Bertz CT molecular complexity index is 1200. The molecule has 14 heteroatoms. The summed E-state index contributed by atoms with van der Waals surface area (Å²) in [5.41, 5.74) is 1.89. The molecule has 1 aliphatic rings. The van der Waals surface area contributed by atoms with Crippen molar-refractivity contribution >= 4 is 11.8 Å². The van der Waals surface area contributed by atoms with Gasteiger partial charge in [-0.1, -0.05) is 0 Å². The van der Waals surface area contributed by atoms with Gasteiger partial charge in [-0.25, -0.2) is 4.68 Å². The van der Waals surface area contributed by atoms with Gasteiger partial charge in [0.05, 0.1) is 18.9 Å². The smallest absolute Gasteiger partial charge is 0.434 e. The number of alkyl halides is 3. The highest BCUT2D eigenvalue weighted by atomic mass is 19.4. The maximum atomic E-state index is 13.7. The molecule has 2 N–H and O–H groups in total. The average molecular weight is 464 g/mol. The maximum absolute atomic E-state index is 13.7. The molecule has 3 aromatic rings. The minimum absolute atomic E-state index is 0.0827. The molecular formula is C19H15F3N6O5. The third-order valence-corrected chi connectivity index (χ3v) is 4.43. The highest BCUT2D eigenvalue weighted by Crippen LogP contribution is 2.33. The zero-order valence-electron chi connectivity index (χ0n) is 16.8. The van der Waals surface area contributed by atoms with E-state index in [-0.39, 0.29) is 17.3 Å². The summed E-state index contributed by atoms with van der Waals surface area (Å²) in [6.45, 7) is 0.670. The van der Waals surface area contributed by atoms with E-state index >= 15 is 0 Å². The number of aromatic nitrogens is 4. The molecule has 0 aliphatic carbocycles. The van der Waals surface area contributed by atoms with E-state index in [0.717, 1.165) is 0 Å². The van der Waals surface area contributed by atoms with Crippen LogP contribution < -0.4 is 25.1 Å². The molecule has 0 saturated carbocycles. The number of hydrogen-bond acceptors (Lipinski definition) is 8. The molecule has 0 radical (unpaired) electrons. The van der Waals surface area contributed by atoms with Crippen molar-refractivity contribution in [2.45, 2.75) is 6.18 Å². The molecule has 1 aliphatic heterocycles. The summed E-state index contributed by atoms with van der Waals surface area (Å²) in [4.78, 5) is 24.8. The lowest BCUT2D eigenvalue weighted by atomic mass is 10.2. The minimum atomic E-state index is -4.97. The Hall–Kier alpha value is -4.36. The Labute approximate surface area is 183 Å². The second-order valence-electron chi connectivity index (χ2n) is 6.52. The SMILES string of the molecule is COc1ccc(-n2ncc(C(=O)NNC(=O)c3ccc4c(c3)OCCO4)c2C(F)(F)F)nn1. The highest BCUT2D eigenvalue weighted by Gasteiger charge is 2.41. The van der Waals surface area contributed by atoms with Gasteiger partial charge in [0.1, 0.15) is 13.2 Å². The quantitative estimate of drug-likeness (QED) is 0.557. The van der Waals surface area contributed by atoms with Crippen molar-refractivity contribution in [2.75, 3.05) is 20.3 Å². The summed E-state index contributed by atoms with van der Waals surface area (Å²) in [5, 5.41) is 10.8. The first-order valence-electron chi connectivity index (χ1n) is 9.31. The summed E-state index contributed by atoms with van der Waals surface area (Å²) >= 11 is 0. The van der Waals surface area contributed by atoms with Gasteiger partial charge in [-0.2, -0.15) is 18.3 Å². The topological polar surface area (TPSA) is 129 Å². The van der Waals surface area contributed by atoms with Crippen molar-refractivity contribution in [3.05, 3.63) is 53.3 Å². The Morgan fingerprint density at radius 3 is 2.42 bits per heavy atom. The average Bonchev–Trinajstić information content (AvgIpc) is 3.28. The van der Waals surface area contributed by atoms with Gasteiger partial charge < -0.3 is 14.2 Å². The van der Waals surface area contributed by atoms with E-state index in [0.29, 0.717) is 35.6 Å². The number of benzene rings is 1. The first-order chi connectivity index (χ1) is 15.8. The molecule has 0 unspecified atom stereocenters. The van der Waals surface area contributed by atoms with Crippen LogP contribution in [0.15, 0.2) is 36.5 Å². The van der Waals surface area contributed by atoms with Crippen LogP contribution in [0.5, 0.6) is 17.4 Å². The van der Waals surface area contributed by atoms with Crippen LogP contribution in [-0.2, 0) is 6.18 Å². The molecule has 0 saturated heterocycles. The summed E-state index contributed by atoms with van der Waals surface area (Å²) in [6, 6.07) is 6.79. The van der Waals surface area contributed by atoms with Crippen molar-refractivity contribution in [3.63, 3.8) is 0 Å². The van der Waals surface area contributed by atoms with E-state index in [2.05, 4.69) is 20.7 Å². The number of methoxy groups -OCH3 is 1. The lowest BCUT2D eigenvalue weighted by Crippen LogP contribution is -2.42. The Balaban J connectivity index is 1.53. The van der Waals surface area contributed by atoms with E-state index in [1.807, 2.05) is 5.43 Å². The zero-order chi connectivity index (χ0) is 23.6. The van der Waals surface area contributed by atoms with Crippen LogP contribution in [0.3, 0.4) is 0 Å². The molecular weight excluding hydrogens is 449 g/mol. The third kappa shape index (κ3) is 4.49. The number of hydrazine groups is 1. The number of rotatable bonds is 4. The van der Waals surface area contributed by atoms with Crippen LogP contribution in [0.2, 0.25) is 0 Å². The molecule has 0 spiro atoms. The predicted octanol–water partition coefficient (Wildman–Crippen LogP) is 1.54. The summed E-state index contributed by atoms with van der Waals surface area (Å²) < 4.78 is 57.2. The molecule has 2 amide bonds. The maximum Gasteiger partial charge on any atom is 0.434 e. The lowest BCUT2D eigenvalue weighted by Gasteiger charge is -2.18. The number of nitrogens with zero attached hydrogens (tertiary/aromatic N) is 4. The number of carbonyl (C=O) groups excluding carboxylic acids is 2. The Morgan fingerprint density at radius 2 is 1.76 bits per heavy atom. The van der Waals surface area contributed by atoms with Crippen LogP contribution in [0.1, 0.15) is 26.4 Å². The van der Waals surface area contributed by atoms with E-state index in [1.165, 1.54) is 37.4 Å². The van der Waals surface area contributed by atoms with Crippen LogP contribution in [-0.4, -0.2) is 52.1 Å². The second-order valence-corrected chi connectivity index (χ2v) is 6.52. The van der Waals surface area contributed by atoms with Crippen molar-refractivity contribution in [3.8, 4) is 23.2 Å². The van der Waals surface area contributed by atoms with Crippen molar-refractivity contribution in [1.82, 2.24) is 30.8 Å². The molecule has 11 nitrogen and oxygen atoms in total. The summed E-state index contributed by atoms with van der Waals surface area (Å²) in [7, 11) is 1.32. The molecule has 33 heavy (non-hydrogen) atoms. The zero-order valence-corrected chi connectivity index (χ0v) is 16.8. The van der Waals surface area contributed by atoms with E-state index in [1.54, 1.807) is 0 Å². The van der Waals surface area contributed by atoms with Crippen molar-refractivity contribution in [2.24, 2.45) is 0 Å². The van der Waals surface area contributed by atoms with Crippen LogP contribution in [0, 0.1) is 0 Å². The number of ether oxygens (including phenoxy) is 3. The minimum Gasteiger partial charge on any atom is -0.486 e. The fourth-order valence-electron chi connectivity index (χ4n) is 2.93. The van der Waals surface area contributed by atoms with Crippen LogP contribution in [0.25, 0.3) is 5.82 Å². The molecule has 1 aromatic carbocycles. The van der Waals surface area contributed by atoms with Gasteiger partial charge in [0.25, 0.3) is 11.8 Å². The molecule has 172 valence electrons. The number of amides is 2. The van der Waals surface area contributed by atoms with E-state index in [9.17, 15) is 22.8 Å². The highest BCUT2D eigenvalue weighted by molar-refractivity contribution is 6.00. The van der Waals surface area contributed by atoms with Gasteiger partial charge in [0.15, 0.2) is 23.0 Å². The van der Waals surface area contributed by atoms with Crippen LogP contribution >= 0.6 is 0 Å². The third-order valence-electron chi connectivity index (χ3n) is 4.43. The number of nitrogens with one attached hydrogen (secondary N) is 2. The predicted molar refractivity (Wildman–Crippen MR) is 103 cm³/mol. The number of hydrogen-bond donors (Lipinski definition) is 2. The fraction of sp³-hybridized carbons (Fsp3) is 0.211. The normalized spacial score (nSPS) is 12.7. The van der Waals surface area contributed by atoms with E-state index in [4.69, 9.17) is 14.2 Å². The molecule has 0 atom stereocenters. The largest absolute Gasteiger partial charge is 0.486 e. The lowest BCUT2D eigenvalue weighted by molar-refractivity contribution is -0.143. The Kier molecular flexibility index (Phi) is 5.72. The van der Waals surface area contributed by atoms with Gasteiger partial charge in [-0.15, -0.1) is 10.2 Å². The van der Waals surface area contributed by atoms with E-state index < -0.39 is 29.2 Å². The van der Waals surface area contributed by atoms with Gasteiger partial charge in [0.2, 0.25) is 5.88 Å². The molecule has 0 bridgehead atoms. The molecule has 4 rings (SSSR count). The fourth-order valence-corrected chi connectivity index (χ4v) is 2.93. The van der Waals surface area contributed by atoms with Gasteiger partial charge >= 0.3 is 6.18 Å². The number of fused-ring (bicyclic) bond motifs is 1.